The van der Waals surface area contributed by atoms with E-state index in [9.17, 15) is 8.42 Å². The second-order valence-corrected chi connectivity index (χ2v) is 7.99. The van der Waals surface area contributed by atoms with Crippen LogP contribution in [0.15, 0.2) is 30.3 Å². The molecule has 2 N–H and O–H groups in total. The predicted octanol–water partition coefficient (Wildman–Crippen LogP) is 1.59. The standard InChI is InChI=1S/C16H26N2O3S.ClH/c1-21-14-16(8-10-17-11-9-16)13-18-22(19,20)12-7-15-5-3-2-4-6-15;/h2-6,17-18H,7-14H2,1H3;1H. The molecule has 7 heteroatoms. The van der Waals surface area contributed by atoms with Gasteiger partial charge in [0.1, 0.15) is 0 Å². The highest BCUT2D eigenvalue weighted by molar-refractivity contribution is 7.89. The van der Waals surface area contributed by atoms with Gasteiger partial charge in [-0.3, -0.25) is 0 Å². The number of rotatable bonds is 8. The molecule has 2 rings (SSSR count). The highest BCUT2D eigenvalue weighted by Crippen LogP contribution is 2.28. The molecule has 0 unspecified atom stereocenters. The molecule has 0 radical (unpaired) electrons. The molecular formula is C16H27ClN2O3S. The predicted molar refractivity (Wildman–Crippen MR) is 95.6 cm³/mol. The van der Waals surface area contributed by atoms with Crippen LogP contribution in [0.1, 0.15) is 18.4 Å². The van der Waals surface area contributed by atoms with Gasteiger partial charge in [0.05, 0.1) is 12.4 Å². The van der Waals surface area contributed by atoms with E-state index < -0.39 is 10.0 Å². The van der Waals surface area contributed by atoms with Crippen LogP contribution in [-0.4, -0.2) is 47.5 Å². The first-order chi connectivity index (χ1) is 10.6. The molecule has 132 valence electrons. The van der Waals surface area contributed by atoms with E-state index in [-0.39, 0.29) is 23.6 Å². The van der Waals surface area contributed by atoms with Crippen molar-refractivity contribution in [1.82, 2.24) is 10.0 Å². The van der Waals surface area contributed by atoms with Crippen molar-refractivity contribution in [2.24, 2.45) is 5.41 Å². The van der Waals surface area contributed by atoms with Gasteiger partial charge in [-0.2, -0.15) is 0 Å². The van der Waals surface area contributed by atoms with E-state index in [1.54, 1.807) is 7.11 Å². The smallest absolute Gasteiger partial charge is 0.211 e. The summed E-state index contributed by atoms with van der Waals surface area (Å²) < 4.78 is 32.6. The zero-order valence-electron chi connectivity index (χ0n) is 13.6. The van der Waals surface area contributed by atoms with E-state index in [1.165, 1.54) is 0 Å². The zero-order chi connectivity index (χ0) is 15.9. The van der Waals surface area contributed by atoms with Crippen molar-refractivity contribution < 1.29 is 13.2 Å². The molecule has 0 bridgehead atoms. The van der Waals surface area contributed by atoms with Gasteiger partial charge < -0.3 is 10.1 Å². The third-order valence-electron chi connectivity index (χ3n) is 4.28. The normalized spacial score (nSPS) is 17.4. The first kappa shape index (κ1) is 20.4. The molecule has 1 heterocycles. The Hall–Kier alpha value is -0.660. The lowest BCUT2D eigenvalue weighted by molar-refractivity contribution is 0.0577. The van der Waals surface area contributed by atoms with Gasteiger partial charge in [0, 0.05) is 19.1 Å². The average Bonchev–Trinajstić information content (AvgIpc) is 2.54. The van der Waals surface area contributed by atoms with Gasteiger partial charge in [0.2, 0.25) is 10.0 Å². The zero-order valence-corrected chi connectivity index (χ0v) is 15.2. The van der Waals surface area contributed by atoms with E-state index in [2.05, 4.69) is 10.0 Å². The van der Waals surface area contributed by atoms with Gasteiger partial charge >= 0.3 is 0 Å². The molecule has 1 aliphatic heterocycles. The van der Waals surface area contributed by atoms with E-state index in [1.807, 2.05) is 30.3 Å². The van der Waals surface area contributed by atoms with Crippen LogP contribution in [0.4, 0.5) is 0 Å². The monoisotopic (exact) mass is 362 g/mol. The topological polar surface area (TPSA) is 67.4 Å². The van der Waals surface area contributed by atoms with Crippen LogP contribution in [0.2, 0.25) is 0 Å². The molecule has 1 saturated heterocycles. The molecule has 0 aromatic heterocycles. The summed E-state index contributed by atoms with van der Waals surface area (Å²) in [7, 11) is -1.59. The average molecular weight is 363 g/mol. The lowest BCUT2D eigenvalue weighted by Crippen LogP contribution is -2.47. The van der Waals surface area contributed by atoms with Crippen LogP contribution >= 0.6 is 12.4 Å². The Morgan fingerprint density at radius 3 is 2.48 bits per heavy atom. The maximum Gasteiger partial charge on any atom is 0.211 e. The molecule has 1 aromatic carbocycles. The number of sulfonamides is 1. The Kier molecular flexibility index (Phi) is 8.50. The summed E-state index contributed by atoms with van der Waals surface area (Å²) in [5, 5.41) is 3.31. The Morgan fingerprint density at radius 1 is 1.22 bits per heavy atom. The van der Waals surface area contributed by atoms with Crippen molar-refractivity contribution in [1.29, 1.82) is 0 Å². The highest BCUT2D eigenvalue weighted by Gasteiger charge is 2.33. The summed E-state index contributed by atoms with van der Waals surface area (Å²) in [4.78, 5) is 0. The molecule has 1 aromatic rings. The molecule has 0 spiro atoms. The van der Waals surface area contributed by atoms with E-state index in [0.29, 0.717) is 19.6 Å². The third kappa shape index (κ3) is 6.77. The number of aryl methyl sites for hydroxylation is 1. The van der Waals surface area contributed by atoms with Gasteiger partial charge in [-0.05, 0) is 37.9 Å². The van der Waals surface area contributed by atoms with Crippen molar-refractivity contribution in [3.05, 3.63) is 35.9 Å². The summed E-state index contributed by atoms with van der Waals surface area (Å²) in [5.74, 6) is 0.123. The number of ether oxygens (including phenoxy) is 1. The number of benzene rings is 1. The van der Waals surface area contributed by atoms with Crippen molar-refractivity contribution in [2.45, 2.75) is 19.3 Å². The number of halogens is 1. The maximum atomic E-state index is 12.2. The summed E-state index contributed by atoms with van der Waals surface area (Å²) in [6.45, 7) is 2.87. The van der Waals surface area contributed by atoms with Crippen molar-refractivity contribution in [3.63, 3.8) is 0 Å². The number of piperidine rings is 1. The summed E-state index contributed by atoms with van der Waals surface area (Å²) >= 11 is 0. The van der Waals surface area contributed by atoms with Crippen molar-refractivity contribution >= 4 is 22.4 Å². The number of hydrogen-bond acceptors (Lipinski definition) is 4. The molecule has 0 amide bonds. The second kappa shape index (κ2) is 9.59. The lowest BCUT2D eigenvalue weighted by atomic mass is 9.80. The molecule has 1 aliphatic rings. The van der Waals surface area contributed by atoms with Gasteiger partial charge in [-0.15, -0.1) is 12.4 Å². The molecule has 0 aliphatic carbocycles. The van der Waals surface area contributed by atoms with Crippen LogP contribution in [0.25, 0.3) is 0 Å². The minimum absolute atomic E-state index is 0. The first-order valence-electron chi connectivity index (χ1n) is 7.76. The van der Waals surface area contributed by atoms with Gasteiger partial charge in [0.15, 0.2) is 0 Å². The third-order valence-corrected chi connectivity index (χ3v) is 5.61. The van der Waals surface area contributed by atoms with Crippen molar-refractivity contribution in [2.75, 3.05) is 39.1 Å². The second-order valence-electron chi connectivity index (χ2n) is 6.06. The van der Waals surface area contributed by atoms with Crippen molar-refractivity contribution in [3.8, 4) is 0 Å². The fraction of sp³-hybridized carbons (Fsp3) is 0.625. The minimum atomic E-state index is -3.26. The molecule has 1 fully saturated rings. The van der Waals surface area contributed by atoms with E-state index in [4.69, 9.17) is 4.74 Å². The van der Waals surface area contributed by atoms with Gasteiger partial charge in [-0.1, -0.05) is 30.3 Å². The van der Waals surface area contributed by atoms with Gasteiger partial charge in [0.25, 0.3) is 0 Å². The summed E-state index contributed by atoms with van der Waals surface area (Å²) in [5.41, 5.74) is 0.959. The molecule has 5 nitrogen and oxygen atoms in total. The Bertz CT molecular complexity index is 540. The Balaban J connectivity index is 0.00000264. The largest absolute Gasteiger partial charge is 0.384 e. The van der Waals surface area contributed by atoms with E-state index in [0.717, 1.165) is 31.5 Å². The van der Waals surface area contributed by atoms with Crippen LogP contribution in [0.3, 0.4) is 0 Å². The molecule has 0 saturated carbocycles. The fourth-order valence-electron chi connectivity index (χ4n) is 2.87. The summed E-state index contributed by atoms with van der Waals surface area (Å²) in [6, 6.07) is 9.70. The quantitative estimate of drug-likeness (QED) is 0.737. The molecular weight excluding hydrogens is 336 g/mol. The number of hydrogen-bond donors (Lipinski definition) is 2. The van der Waals surface area contributed by atoms with Crippen LogP contribution in [0, 0.1) is 5.41 Å². The summed E-state index contributed by atoms with van der Waals surface area (Å²) in [6.07, 6.45) is 2.40. The van der Waals surface area contributed by atoms with Gasteiger partial charge in [-0.25, -0.2) is 13.1 Å². The van der Waals surface area contributed by atoms with E-state index >= 15 is 0 Å². The number of nitrogens with one attached hydrogen (secondary N) is 2. The SMILES string of the molecule is COCC1(CNS(=O)(=O)CCc2ccccc2)CCNCC1.Cl. The molecule has 23 heavy (non-hydrogen) atoms. The fourth-order valence-corrected chi connectivity index (χ4v) is 4.04. The number of methoxy groups -OCH3 is 1. The molecule has 0 atom stereocenters. The van der Waals surface area contributed by atoms with Crippen LogP contribution in [-0.2, 0) is 21.2 Å². The Labute approximate surface area is 145 Å². The van der Waals surface area contributed by atoms with Crippen LogP contribution < -0.4 is 10.0 Å². The minimum Gasteiger partial charge on any atom is -0.384 e. The Morgan fingerprint density at radius 2 is 1.87 bits per heavy atom. The lowest BCUT2D eigenvalue weighted by Gasteiger charge is -2.37. The van der Waals surface area contributed by atoms with Crippen LogP contribution in [0.5, 0.6) is 0 Å². The highest BCUT2D eigenvalue weighted by atomic mass is 35.5. The maximum absolute atomic E-state index is 12.2. The first-order valence-corrected chi connectivity index (χ1v) is 9.41.